The number of rotatable bonds is 11. The smallest absolute Gasteiger partial charge is 0.264 e. The highest BCUT2D eigenvalue weighted by Crippen LogP contribution is 2.26. The van der Waals surface area contributed by atoms with Crippen molar-refractivity contribution in [1.29, 1.82) is 0 Å². The summed E-state index contributed by atoms with van der Waals surface area (Å²) in [4.78, 5) is 28.8. The normalized spacial score (nSPS) is 12.0. The molecule has 0 aliphatic heterocycles. The van der Waals surface area contributed by atoms with Gasteiger partial charge in [0.15, 0.2) is 0 Å². The molecule has 0 unspecified atom stereocenters. The molecule has 0 fully saturated rings. The van der Waals surface area contributed by atoms with Crippen molar-refractivity contribution in [2.45, 2.75) is 42.6 Å². The minimum atomic E-state index is -4.13. The zero-order valence-electron chi connectivity index (χ0n) is 21.8. The molecule has 0 saturated carbocycles. The van der Waals surface area contributed by atoms with Gasteiger partial charge in [-0.2, -0.15) is 0 Å². The SMILES string of the molecule is CC[C@@H](C(=O)NC)N(Cc1ccc(F)cc1)C(=O)CN(c1ccc(C)cc1)S(=O)(=O)c1ccc(SC)cc1. The lowest BCUT2D eigenvalue weighted by molar-refractivity contribution is -0.140. The number of benzene rings is 3. The summed E-state index contributed by atoms with van der Waals surface area (Å²) >= 11 is 1.49. The summed E-state index contributed by atoms with van der Waals surface area (Å²) in [6.07, 6.45) is 2.20. The first-order valence-electron chi connectivity index (χ1n) is 12.1. The minimum absolute atomic E-state index is 0.00917. The number of carbonyl (C=O) groups is 2. The number of amides is 2. The lowest BCUT2D eigenvalue weighted by Gasteiger charge is -2.33. The minimum Gasteiger partial charge on any atom is -0.357 e. The largest absolute Gasteiger partial charge is 0.357 e. The maximum Gasteiger partial charge on any atom is 0.264 e. The van der Waals surface area contributed by atoms with Crippen LogP contribution < -0.4 is 9.62 Å². The van der Waals surface area contributed by atoms with Gasteiger partial charge in [-0.3, -0.25) is 13.9 Å². The van der Waals surface area contributed by atoms with Gasteiger partial charge in [0.1, 0.15) is 18.4 Å². The van der Waals surface area contributed by atoms with Gasteiger partial charge in [0, 0.05) is 18.5 Å². The maximum atomic E-state index is 13.8. The number of halogens is 1. The number of thioether (sulfide) groups is 1. The zero-order chi connectivity index (χ0) is 27.9. The molecule has 202 valence electrons. The summed E-state index contributed by atoms with van der Waals surface area (Å²) in [5.74, 6) is -1.36. The molecular weight excluding hydrogens is 525 g/mol. The van der Waals surface area contributed by atoms with Crippen LogP contribution in [-0.2, 0) is 26.2 Å². The zero-order valence-corrected chi connectivity index (χ0v) is 23.5. The molecule has 0 heterocycles. The second kappa shape index (κ2) is 12.9. The van der Waals surface area contributed by atoms with Crippen molar-refractivity contribution in [3.8, 4) is 0 Å². The first-order chi connectivity index (χ1) is 18.1. The first-order valence-corrected chi connectivity index (χ1v) is 14.8. The van der Waals surface area contributed by atoms with E-state index in [9.17, 15) is 22.4 Å². The second-order valence-electron chi connectivity index (χ2n) is 8.71. The van der Waals surface area contributed by atoms with Crippen molar-refractivity contribution in [2.24, 2.45) is 0 Å². The Morgan fingerprint density at radius 1 is 0.974 bits per heavy atom. The van der Waals surface area contributed by atoms with E-state index in [4.69, 9.17) is 0 Å². The lowest BCUT2D eigenvalue weighted by atomic mass is 10.1. The van der Waals surface area contributed by atoms with Crippen LogP contribution in [0.4, 0.5) is 10.1 Å². The number of nitrogens with zero attached hydrogens (tertiary/aromatic N) is 2. The molecule has 0 spiro atoms. The van der Waals surface area contributed by atoms with Crippen molar-refractivity contribution in [3.05, 3.63) is 89.7 Å². The van der Waals surface area contributed by atoms with Crippen molar-refractivity contribution < 1.29 is 22.4 Å². The molecule has 1 N–H and O–H groups in total. The van der Waals surface area contributed by atoms with Crippen LogP contribution in [0.15, 0.2) is 82.6 Å². The molecule has 0 saturated heterocycles. The first kappa shape index (κ1) is 29.2. The Hall–Kier alpha value is -3.37. The van der Waals surface area contributed by atoms with Crippen LogP contribution in [0, 0.1) is 12.7 Å². The van der Waals surface area contributed by atoms with Crippen molar-refractivity contribution in [2.75, 3.05) is 24.2 Å². The molecule has 0 aliphatic rings. The molecule has 3 aromatic rings. The van der Waals surface area contributed by atoms with Gasteiger partial charge in [-0.05, 0) is 73.7 Å². The van der Waals surface area contributed by atoms with Gasteiger partial charge in [-0.1, -0.05) is 36.8 Å². The van der Waals surface area contributed by atoms with Crippen LogP contribution >= 0.6 is 11.8 Å². The van der Waals surface area contributed by atoms with Gasteiger partial charge in [0.05, 0.1) is 10.6 Å². The van der Waals surface area contributed by atoms with Gasteiger partial charge in [-0.25, -0.2) is 12.8 Å². The molecule has 10 heteroatoms. The molecule has 3 rings (SSSR count). The van der Waals surface area contributed by atoms with E-state index in [1.165, 1.54) is 60.1 Å². The van der Waals surface area contributed by atoms with Crippen LogP contribution in [0.2, 0.25) is 0 Å². The molecular formula is C28H32FN3O4S2. The van der Waals surface area contributed by atoms with Crippen molar-refractivity contribution >= 4 is 39.3 Å². The van der Waals surface area contributed by atoms with Crippen LogP contribution in [0.3, 0.4) is 0 Å². The van der Waals surface area contributed by atoms with Crippen molar-refractivity contribution in [3.63, 3.8) is 0 Å². The Labute approximate surface area is 228 Å². The van der Waals surface area contributed by atoms with Crippen molar-refractivity contribution in [1.82, 2.24) is 10.2 Å². The topological polar surface area (TPSA) is 86.8 Å². The van der Waals surface area contributed by atoms with Crippen LogP contribution in [-0.4, -0.2) is 51.0 Å². The number of anilines is 1. The average Bonchev–Trinajstić information content (AvgIpc) is 2.92. The molecule has 3 aromatic carbocycles. The number of carbonyl (C=O) groups excluding carboxylic acids is 2. The van der Waals surface area contributed by atoms with E-state index < -0.39 is 34.3 Å². The van der Waals surface area contributed by atoms with Gasteiger partial charge >= 0.3 is 0 Å². The third-order valence-corrected chi connectivity index (χ3v) is 8.68. The number of hydrogen-bond donors (Lipinski definition) is 1. The third-order valence-electron chi connectivity index (χ3n) is 6.15. The monoisotopic (exact) mass is 557 g/mol. The summed E-state index contributed by atoms with van der Waals surface area (Å²) in [6.45, 7) is 3.14. The predicted molar refractivity (Wildman–Crippen MR) is 149 cm³/mol. The quantitative estimate of drug-likeness (QED) is 0.348. The predicted octanol–water partition coefficient (Wildman–Crippen LogP) is 4.60. The summed E-state index contributed by atoms with van der Waals surface area (Å²) in [7, 11) is -2.65. The molecule has 0 aliphatic carbocycles. The Kier molecular flexibility index (Phi) is 9.93. The van der Waals surface area contributed by atoms with Crippen LogP contribution in [0.25, 0.3) is 0 Å². The fraction of sp³-hybridized carbons (Fsp3) is 0.286. The van der Waals surface area contributed by atoms with E-state index in [2.05, 4.69) is 5.32 Å². The Bertz CT molecular complexity index is 1350. The Morgan fingerprint density at radius 3 is 2.11 bits per heavy atom. The summed E-state index contributed by atoms with van der Waals surface area (Å²) < 4.78 is 42.2. The Morgan fingerprint density at radius 2 is 1.58 bits per heavy atom. The molecule has 0 bridgehead atoms. The standard InChI is InChI=1S/C28H32FN3O4S2/c1-5-26(28(34)30-3)31(18-21-8-10-22(29)11-9-21)27(33)19-32(23-12-6-20(2)7-13-23)38(35,36)25-16-14-24(37-4)15-17-25/h6-17,26H,5,18-19H2,1-4H3,(H,30,34)/t26-/m0/s1. The van der Waals surface area contributed by atoms with Gasteiger partial charge in [0.2, 0.25) is 11.8 Å². The van der Waals surface area contributed by atoms with E-state index in [0.717, 1.165) is 14.8 Å². The highest BCUT2D eigenvalue weighted by Gasteiger charge is 2.33. The average molecular weight is 558 g/mol. The molecule has 0 radical (unpaired) electrons. The number of sulfonamides is 1. The fourth-order valence-corrected chi connectivity index (χ4v) is 5.81. The lowest BCUT2D eigenvalue weighted by Crippen LogP contribution is -2.51. The number of nitrogens with one attached hydrogen (secondary N) is 1. The fourth-order valence-electron chi connectivity index (χ4n) is 3.99. The van der Waals surface area contributed by atoms with Gasteiger partial charge < -0.3 is 10.2 Å². The van der Waals surface area contributed by atoms with E-state index in [1.54, 1.807) is 43.3 Å². The van der Waals surface area contributed by atoms with Gasteiger partial charge in [-0.15, -0.1) is 11.8 Å². The number of hydrogen-bond acceptors (Lipinski definition) is 5. The molecule has 0 aromatic heterocycles. The van der Waals surface area contributed by atoms with Crippen LogP contribution in [0.1, 0.15) is 24.5 Å². The second-order valence-corrected chi connectivity index (χ2v) is 11.5. The van der Waals surface area contributed by atoms with Crippen LogP contribution in [0.5, 0.6) is 0 Å². The van der Waals surface area contributed by atoms with E-state index in [0.29, 0.717) is 17.7 Å². The maximum absolute atomic E-state index is 13.8. The van der Waals surface area contributed by atoms with E-state index in [-0.39, 0.29) is 17.3 Å². The molecule has 1 atom stereocenters. The van der Waals surface area contributed by atoms with E-state index >= 15 is 0 Å². The summed E-state index contributed by atoms with van der Waals surface area (Å²) in [5, 5.41) is 2.58. The molecule has 2 amide bonds. The molecule has 7 nitrogen and oxygen atoms in total. The highest BCUT2D eigenvalue weighted by molar-refractivity contribution is 7.98. The summed E-state index contributed by atoms with van der Waals surface area (Å²) in [6, 6.07) is 18.1. The number of likely N-dealkylation sites (N-methyl/N-ethyl adjacent to an activating group) is 1. The summed E-state index contributed by atoms with van der Waals surface area (Å²) in [5.41, 5.74) is 1.87. The van der Waals surface area contributed by atoms with E-state index in [1.807, 2.05) is 13.2 Å². The highest BCUT2D eigenvalue weighted by atomic mass is 32.2. The Balaban J connectivity index is 2.04. The molecule has 38 heavy (non-hydrogen) atoms. The third kappa shape index (κ3) is 6.93. The van der Waals surface area contributed by atoms with Gasteiger partial charge in [0.25, 0.3) is 10.0 Å². The number of aryl methyl sites for hydroxylation is 1.